The molecule has 0 fully saturated rings. The van der Waals surface area contributed by atoms with Crippen LogP contribution in [0.15, 0.2) is 72.8 Å². The zero-order chi connectivity index (χ0) is 25.7. The molecule has 1 aliphatic rings. The van der Waals surface area contributed by atoms with E-state index in [1.807, 2.05) is 43.3 Å². The van der Waals surface area contributed by atoms with E-state index in [4.69, 9.17) is 16.3 Å². The van der Waals surface area contributed by atoms with Crippen LogP contribution in [0.2, 0.25) is 5.02 Å². The fourth-order valence-corrected chi connectivity index (χ4v) is 4.41. The second-order valence-electron chi connectivity index (χ2n) is 8.87. The molecule has 3 aromatic carbocycles. The molecule has 0 bridgehead atoms. The molecule has 1 N–H and O–H groups in total. The summed E-state index contributed by atoms with van der Waals surface area (Å²) >= 11 is 6.22. The zero-order valence-corrected chi connectivity index (χ0v) is 20.5. The molecule has 0 amide bonds. The molecule has 2 unspecified atom stereocenters. The molecule has 3 aromatic rings. The van der Waals surface area contributed by atoms with Crippen molar-refractivity contribution in [3.8, 4) is 5.75 Å². The fraction of sp³-hybridized carbons (Fsp3) is 0.259. The van der Waals surface area contributed by atoms with Crippen molar-refractivity contribution in [3.05, 3.63) is 115 Å². The largest absolute Gasteiger partial charge is 0.485 e. The Morgan fingerprint density at radius 2 is 1.67 bits per heavy atom. The second kappa shape index (κ2) is 11.3. The third-order valence-corrected chi connectivity index (χ3v) is 6.36. The van der Waals surface area contributed by atoms with Crippen LogP contribution in [0, 0.1) is 20.2 Å². The first kappa shape index (κ1) is 25.3. The number of fused-ring (bicyclic) bond motifs is 1. The molecule has 0 radical (unpaired) electrons. The van der Waals surface area contributed by atoms with Crippen LogP contribution in [0.3, 0.4) is 0 Å². The van der Waals surface area contributed by atoms with Gasteiger partial charge in [0.25, 0.3) is 11.4 Å². The van der Waals surface area contributed by atoms with E-state index >= 15 is 0 Å². The molecule has 0 saturated carbocycles. The first-order chi connectivity index (χ1) is 17.3. The molecule has 186 valence electrons. The number of benzene rings is 3. The van der Waals surface area contributed by atoms with E-state index in [2.05, 4.69) is 23.5 Å². The summed E-state index contributed by atoms with van der Waals surface area (Å²) in [6, 6.07) is 19.6. The lowest BCUT2D eigenvalue weighted by Crippen LogP contribution is -2.30. The Morgan fingerprint density at radius 3 is 2.33 bits per heavy atom. The smallest absolute Gasteiger partial charge is 0.276 e. The summed E-state index contributed by atoms with van der Waals surface area (Å²) < 4.78 is 6.22. The lowest BCUT2D eigenvalue weighted by atomic mass is 9.96. The molecule has 2 atom stereocenters. The Labute approximate surface area is 213 Å². The summed E-state index contributed by atoms with van der Waals surface area (Å²) in [5.41, 5.74) is 3.29. The number of hydrogen-bond donors (Lipinski definition) is 1. The number of hydrogen-bond acceptors (Lipinski definition) is 6. The molecule has 0 aromatic heterocycles. The number of nitrogens with one attached hydrogen (secondary N) is 1. The standard InChI is InChI=1S/C27H26ClN3O5/c1-18(7-8-20-11-23(30(32)33)16-24(12-20)31(34)35)29-17-21-14-25(13-19-5-3-2-4-6-19)36-27-15-22(28)9-10-26(21)27/h2-6,9-12,14-16,18,25,29H,7-8,13,17H2,1H3. The van der Waals surface area contributed by atoms with Crippen molar-refractivity contribution < 1.29 is 14.6 Å². The van der Waals surface area contributed by atoms with Crippen molar-refractivity contribution in [2.24, 2.45) is 0 Å². The topological polar surface area (TPSA) is 108 Å². The lowest BCUT2D eigenvalue weighted by molar-refractivity contribution is -0.394. The second-order valence-corrected chi connectivity index (χ2v) is 9.31. The Kier molecular flexibility index (Phi) is 7.97. The number of halogens is 1. The van der Waals surface area contributed by atoms with Crippen LogP contribution >= 0.6 is 11.6 Å². The van der Waals surface area contributed by atoms with Crippen LogP contribution in [0.25, 0.3) is 5.57 Å². The average molecular weight is 508 g/mol. The number of ether oxygens (including phenoxy) is 1. The number of non-ortho nitro benzene ring substituents is 2. The van der Waals surface area contributed by atoms with Crippen LogP contribution in [0.1, 0.15) is 30.0 Å². The highest BCUT2D eigenvalue weighted by atomic mass is 35.5. The predicted molar refractivity (Wildman–Crippen MR) is 140 cm³/mol. The highest BCUT2D eigenvalue weighted by Crippen LogP contribution is 2.35. The molecule has 0 spiro atoms. The minimum Gasteiger partial charge on any atom is -0.485 e. The normalized spacial score (nSPS) is 15.4. The number of rotatable bonds is 10. The molecular formula is C27H26ClN3O5. The van der Waals surface area contributed by atoms with Crippen molar-refractivity contribution in [2.75, 3.05) is 6.54 Å². The first-order valence-electron chi connectivity index (χ1n) is 11.7. The minimum atomic E-state index is -0.606. The Hall–Kier alpha value is -3.75. The van der Waals surface area contributed by atoms with E-state index < -0.39 is 9.85 Å². The van der Waals surface area contributed by atoms with Gasteiger partial charge in [0.2, 0.25) is 0 Å². The van der Waals surface area contributed by atoms with E-state index in [0.717, 1.165) is 29.4 Å². The Morgan fingerprint density at radius 1 is 0.972 bits per heavy atom. The van der Waals surface area contributed by atoms with Gasteiger partial charge in [-0.1, -0.05) is 41.9 Å². The maximum absolute atomic E-state index is 11.2. The van der Waals surface area contributed by atoms with Crippen molar-refractivity contribution >= 4 is 28.5 Å². The van der Waals surface area contributed by atoms with Crippen LogP contribution in [0.5, 0.6) is 5.75 Å². The summed E-state index contributed by atoms with van der Waals surface area (Å²) in [6.07, 6.45) is 3.87. The quantitative estimate of drug-likeness (QED) is 0.260. The Balaban J connectivity index is 1.43. The van der Waals surface area contributed by atoms with Gasteiger partial charge in [-0.3, -0.25) is 20.2 Å². The zero-order valence-electron chi connectivity index (χ0n) is 19.7. The molecular weight excluding hydrogens is 482 g/mol. The molecule has 0 aliphatic carbocycles. The van der Waals surface area contributed by atoms with E-state index in [9.17, 15) is 20.2 Å². The van der Waals surface area contributed by atoms with Gasteiger partial charge in [0.15, 0.2) is 0 Å². The lowest BCUT2D eigenvalue weighted by Gasteiger charge is -2.27. The molecule has 4 rings (SSSR count). The molecule has 1 heterocycles. The van der Waals surface area contributed by atoms with E-state index in [1.54, 1.807) is 0 Å². The average Bonchev–Trinajstić information content (AvgIpc) is 2.86. The van der Waals surface area contributed by atoms with Gasteiger partial charge < -0.3 is 10.1 Å². The van der Waals surface area contributed by atoms with Crippen molar-refractivity contribution in [2.45, 2.75) is 38.3 Å². The van der Waals surface area contributed by atoms with Gasteiger partial charge in [-0.05, 0) is 60.7 Å². The van der Waals surface area contributed by atoms with Crippen LogP contribution in [-0.2, 0) is 12.8 Å². The van der Waals surface area contributed by atoms with Crippen molar-refractivity contribution in [3.63, 3.8) is 0 Å². The number of nitrogens with zero attached hydrogens (tertiary/aromatic N) is 2. The van der Waals surface area contributed by atoms with Gasteiger partial charge >= 0.3 is 0 Å². The third-order valence-electron chi connectivity index (χ3n) is 6.13. The van der Waals surface area contributed by atoms with Crippen LogP contribution in [-0.4, -0.2) is 28.5 Å². The Bertz CT molecular complexity index is 1260. The summed E-state index contributed by atoms with van der Waals surface area (Å²) in [5, 5.41) is 26.4. The summed E-state index contributed by atoms with van der Waals surface area (Å²) in [6.45, 7) is 2.62. The van der Waals surface area contributed by atoms with Gasteiger partial charge in [0, 0.05) is 41.7 Å². The first-order valence-corrected chi connectivity index (χ1v) is 12.0. The van der Waals surface area contributed by atoms with Gasteiger partial charge in [0.05, 0.1) is 15.9 Å². The van der Waals surface area contributed by atoms with Gasteiger partial charge in [-0.25, -0.2) is 0 Å². The molecule has 1 aliphatic heterocycles. The summed E-state index contributed by atoms with van der Waals surface area (Å²) in [4.78, 5) is 21.1. The van der Waals surface area contributed by atoms with Gasteiger partial charge in [-0.15, -0.1) is 0 Å². The molecule has 9 heteroatoms. The minimum absolute atomic E-state index is 0.0652. The van der Waals surface area contributed by atoms with Gasteiger partial charge in [0.1, 0.15) is 11.9 Å². The summed E-state index contributed by atoms with van der Waals surface area (Å²) in [5.74, 6) is 0.749. The predicted octanol–water partition coefficient (Wildman–Crippen LogP) is 6.15. The molecule has 0 saturated heterocycles. The van der Waals surface area contributed by atoms with Crippen LogP contribution in [0.4, 0.5) is 11.4 Å². The number of nitro benzene ring substituents is 2. The number of nitro groups is 2. The third kappa shape index (κ3) is 6.47. The van der Waals surface area contributed by atoms with E-state index in [-0.39, 0.29) is 23.5 Å². The van der Waals surface area contributed by atoms with Crippen molar-refractivity contribution in [1.82, 2.24) is 5.32 Å². The maximum atomic E-state index is 11.2. The molecule has 36 heavy (non-hydrogen) atoms. The summed E-state index contributed by atoms with van der Waals surface area (Å²) in [7, 11) is 0. The fourth-order valence-electron chi connectivity index (χ4n) is 4.25. The van der Waals surface area contributed by atoms with E-state index in [1.165, 1.54) is 17.7 Å². The van der Waals surface area contributed by atoms with Gasteiger partial charge in [-0.2, -0.15) is 0 Å². The van der Waals surface area contributed by atoms with Crippen LogP contribution < -0.4 is 10.1 Å². The maximum Gasteiger partial charge on any atom is 0.276 e. The highest BCUT2D eigenvalue weighted by molar-refractivity contribution is 6.30. The van der Waals surface area contributed by atoms with E-state index in [0.29, 0.717) is 30.0 Å². The highest BCUT2D eigenvalue weighted by Gasteiger charge is 2.22. The SMILES string of the molecule is CC(CCc1cc([N+](=O)[O-])cc([N+](=O)[O-])c1)NCC1=CC(Cc2ccccc2)Oc2cc(Cl)ccc21. The number of aryl methyl sites for hydroxylation is 1. The molecule has 8 nitrogen and oxygen atoms in total. The van der Waals surface area contributed by atoms with Crippen molar-refractivity contribution in [1.29, 1.82) is 0 Å². The monoisotopic (exact) mass is 507 g/mol.